The van der Waals surface area contributed by atoms with E-state index in [0.29, 0.717) is 12.5 Å². The molecule has 0 radical (unpaired) electrons. The normalized spacial score (nSPS) is 19.6. The summed E-state index contributed by atoms with van der Waals surface area (Å²) in [5, 5.41) is 8.64. The number of nitrogens with zero attached hydrogens (tertiary/aromatic N) is 2. The van der Waals surface area contributed by atoms with Crippen LogP contribution in [-0.4, -0.2) is 24.4 Å². The minimum atomic E-state index is -0.0737. The van der Waals surface area contributed by atoms with Gasteiger partial charge in [0.2, 0.25) is 5.91 Å². The minimum absolute atomic E-state index is 0.0737. The number of carbonyl (C=O) groups is 1. The third-order valence-corrected chi connectivity index (χ3v) is 2.86. The molecular weight excluding hydrogens is 176 g/mol. The largest absolute Gasteiger partial charge is 0.344 e. The van der Waals surface area contributed by atoms with E-state index in [2.05, 4.69) is 6.07 Å². The summed E-state index contributed by atoms with van der Waals surface area (Å²) < 4.78 is 0. The maximum absolute atomic E-state index is 11.8. The lowest BCUT2D eigenvalue weighted by molar-refractivity contribution is -0.134. The second-order valence-electron chi connectivity index (χ2n) is 4.38. The molecule has 0 aromatic heterocycles. The number of amides is 1. The lowest BCUT2D eigenvalue weighted by Gasteiger charge is -2.22. The van der Waals surface area contributed by atoms with Gasteiger partial charge in [0.15, 0.2) is 0 Å². The highest BCUT2D eigenvalue weighted by molar-refractivity contribution is 5.78. The maximum Gasteiger partial charge on any atom is 0.225 e. The van der Waals surface area contributed by atoms with Gasteiger partial charge in [-0.05, 0) is 25.7 Å². The number of carbonyl (C=O) groups excluding carboxylic acids is 1. The fourth-order valence-corrected chi connectivity index (χ4v) is 1.69. The van der Waals surface area contributed by atoms with Gasteiger partial charge in [0, 0.05) is 19.5 Å². The van der Waals surface area contributed by atoms with Crippen molar-refractivity contribution in [2.24, 2.45) is 17.8 Å². The molecule has 0 aromatic carbocycles. The zero-order chi connectivity index (χ0) is 10.7. The molecule has 1 aliphatic carbocycles. The van der Waals surface area contributed by atoms with Gasteiger partial charge in [0.05, 0.1) is 12.0 Å². The molecular formula is C11H18N2O. The Morgan fingerprint density at radius 1 is 1.57 bits per heavy atom. The second kappa shape index (κ2) is 4.45. The van der Waals surface area contributed by atoms with Crippen LogP contribution in [0.15, 0.2) is 0 Å². The molecule has 1 saturated carbocycles. The summed E-state index contributed by atoms with van der Waals surface area (Å²) in [6.07, 6.45) is 2.38. The van der Waals surface area contributed by atoms with Gasteiger partial charge in [0.1, 0.15) is 0 Å². The van der Waals surface area contributed by atoms with Crippen LogP contribution in [0.2, 0.25) is 0 Å². The van der Waals surface area contributed by atoms with E-state index >= 15 is 0 Å². The predicted molar refractivity (Wildman–Crippen MR) is 54.3 cm³/mol. The Morgan fingerprint density at radius 3 is 2.57 bits per heavy atom. The van der Waals surface area contributed by atoms with Crippen molar-refractivity contribution in [3.63, 3.8) is 0 Å². The zero-order valence-electron chi connectivity index (χ0n) is 9.16. The molecule has 3 heteroatoms. The van der Waals surface area contributed by atoms with Gasteiger partial charge >= 0.3 is 0 Å². The average Bonchev–Trinajstić information content (AvgIpc) is 2.98. The fourth-order valence-electron chi connectivity index (χ4n) is 1.69. The van der Waals surface area contributed by atoms with Crippen LogP contribution in [-0.2, 0) is 4.79 Å². The first-order valence-corrected chi connectivity index (χ1v) is 5.20. The van der Waals surface area contributed by atoms with Crippen molar-refractivity contribution < 1.29 is 4.79 Å². The number of hydrogen-bond acceptors (Lipinski definition) is 2. The molecule has 78 valence electrons. The molecule has 3 nitrogen and oxygen atoms in total. The highest BCUT2D eigenvalue weighted by Gasteiger charge is 2.34. The van der Waals surface area contributed by atoms with Crippen molar-refractivity contribution in [2.45, 2.75) is 26.7 Å². The molecule has 0 bridgehead atoms. The second-order valence-corrected chi connectivity index (χ2v) is 4.38. The molecule has 0 aromatic rings. The van der Waals surface area contributed by atoms with E-state index in [-0.39, 0.29) is 17.7 Å². The van der Waals surface area contributed by atoms with E-state index in [1.165, 1.54) is 12.8 Å². The van der Waals surface area contributed by atoms with E-state index in [0.717, 1.165) is 0 Å². The average molecular weight is 194 g/mol. The zero-order valence-corrected chi connectivity index (χ0v) is 9.16. The first-order valence-electron chi connectivity index (χ1n) is 5.20. The summed E-state index contributed by atoms with van der Waals surface area (Å²) in [7, 11) is 1.79. The van der Waals surface area contributed by atoms with E-state index in [9.17, 15) is 4.79 Å². The first-order chi connectivity index (χ1) is 6.56. The lowest BCUT2D eigenvalue weighted by Crippen LogP contribution is -2.35. The van der Waals surface area contributed by atoms with Crippen LogP contribution in [0, 0.1) is 29.1 Å². The Hall–Kier alpha value is -1.04. The lowest BCUT2D eigenvalue weighted by atomic mass is 10.0. The fraction of sp³-hybridized carbons (Fsp3) is 0.818. The van der Waals surface area contributed by atoms with Gasteiger partial charge in [0.25, 0.3) is 0 Å². The summed E-state index contributed by atoms with van der Waals surface area (Å²) in [5.41, 5.74) is 0. The van der Waals surface area contributed by atoms with E-state index in [1.807, 2.05) is 13.8 Å². The van der Waals surface area contributed by atoms with E-state index in [4.69, 9.17) is 5.26 Å². The van der Waals surface area contributed by atoms with Gasteiger partial charge in [-0.3, -0.25) is 4.79 Å². The molecule has 0 saturated heterocycles. The van der Waals surface area contributed by atoms with Gasteiger partial charge in [-0.15, -0.1) is 0 Å². The standard InChI is InChI=1S/C11H18N2O/c1-8(6-12)7-13(3)11(14)9(2)10-4-5-10/h8-10H,4-5,7H2,1-3H3. The summed E-state index contributed by atoms with van der Waals surface area (Å²) >= 11 is 0. The van der Waals surface area contributed by atoms with Crippen molar-refractivity contribution >= 4 is 5.91 Å². The summed E-state index contributed by atoms with van der Waals surface area (Å²) in [6, 6.07) is 2.14. The van der Waals surface area contributed by atoms with Crippen molar-refractivity contribution in [1.29, 1.82) is 5.26 Å². The molecule has 0 N–H and O–H groups in total. The Bertz CT molecular complexity index is 253. The third-order valence-electron chi connectivity index (χ3n) is 2.86. The molecule has 2 atom stereocenters. The smallest absolute Gasteiger partial charge is 0.225 e. The molecule has 14 heavy (non-hydrogen) atoms. The third kappa shape index (κ3) is 2.73. The van der Waals surface area contributed by atoms with Crippen molar-refractivity contribution in [1.82, 2.24) is 4.90 Å². The van der Waals surface area contributed by atoms with Crippen LogP contribution in [0.1, 0.15) is 26.7 Å². The van der Waals surface area contributed by atoms with Crippen molar-refractivity contribution in [3.8, 4) is 6.07 Å². The Balaban J connectivity index is 2.39. The Morgan fingerprint density at radius 2 is 2.14 bits per heavy atom. The van der Waals surface area contributed by atoms with Gasteiger partial charge in [-0.2, -0.15) is 5.26 Å². The molecule has 1 fully saturated rings. The Labute approximate surface area is 85.7 Å². The molecule has 0 aliphatic heterocycles. The summed E-state index contributed by atoms with van der Waals surface area (Å²) in [4.78, 5) is 13.5. The topological polar surface area (TPSA) is 44.1 Å². The highest BCUT2D eigenvalue weighted by Crippen LogP contribution is 2.37. The van der Waals surface area contributed by atoms with Crippen LogP contribution in [0.5, 0.6) is 0 Å². The summed E-state index contributed by atoms with van der Waals surface area (Å²) in [6.45, 7) is 4.38. The molecule has 2 unspecified atom stereocenters. The van der Waals surface area contributed by atoms with Gasteiger partial charge in [-0.25, -0.2) is 0 Å². The van der Waals surface area contributed by atoms with E-state index in [1.54, 1.807) is 11.9 Å². The van der Waals surface area contributed by atoms with Gasteiger partial charge < -0.3 is 4.90 Å². The number of nitriles is 1. The summed E-state index contributed by atoms with van der Waals surface area (Å²) in [5.74, 6) is 0.859. The monoisotopic (exact) mass is 194 g/mol. The van der Waals surface area contributed by atoms with Crippen LogP contribution in [0.25, 0.3) is 0 Å². The molecule has 1 amide bonds. The van der Waals surface area contributed by atoms with Crippen LogP contribution >= 0.6 is 0 Å². The van der Waals surface area contributed by atoms with Crippen molar-refractivity contribution in [2.75, 3.05) is 13.6 Å². The highest BCUT2D eigenvalue weighted by atomic mass is 16.2. The SMILES string of the molecule is CC(C#N)CN(C)C(=O)C(C)C1CC1. The number of hydrogen-bond donors (Lipinski definition) is 0. The van der Waals surface area contributed by atoms with Crippen LogP contribution in [0.4, 0.5) is 0 Å². The van der Waals surface area contributed by atoms with Gasteiger partial charge in [-0.1, -0.05) is 6.92 Å². The quantitative estimate of drug-likeness (QED) is 0.683. The molecule has 1 rings (SSSR count). The first kappa shape index (κ1) is 11.0. The Kier molecular flexibility index (Phi) is 3.51. The molecule has 0 spiro atoms. The van der Waals surface area contributed by atoms with E-state index < -0.39 is 0 Å². The van der Waals surface area contributed by atoms with Crippen LogP contribution in [0.3, 0.4) is 0 Å². The van der Waals surface area contributed by atoms with Crippen molar-refractivity contribution in [3.05, 3.63) is 0 Å². The maximum atomic E-state index is 11.8. The predicted octanol–water partition coefficient (Wildman–Crippen LogP) is 1.65. The molecule has 1 aliphatic rings. The molecule has 0 heterocycles. The minimum Gasteiger partial charge on any atom is -0.344 e. The number of rotatable bonds is 4. The van der Waals surface area contributed by atoms with Crippen LogP contribution < -0.4 is 0 Å².